The molecule has 1 aliphatic carbocycles. The molecule has 0 aromatic carbocycles. The zero-order valence-corrected chi connectivity index (χ0v) is 40.2. The number of carbonyl (C=O) groups is 5. The summed E-state index contributed by atoms with van der Waals surface area (Å²) in [6, 6.07) is -1.01. The van der Waals surface area contributed by atoms with E-state index >= 15 is 0 Å². The summed E-state index contributed by atoms with van der Waals surface area (Å²) in [4.78, 5) is 71.8. The summed E-state index contributed by atoms with van der Waals surface area (Å²) in [7, 11) is 4.61. The van der Waals surface area contributed by atoms with Crippen molar-refractivity contribution in [3.05, 3.63) is 47.6 Å². The lowest BCUT2D eigenvalue weighted by atomic mass is 9.78. The number of amides is 1. The van der Waals surface area contributed by atoms with Gasteiger partial charge in [0, 0.05) is 52.6 Å². The monoisotopic (exact) mass is 898 g/mol. The van der Waals surface area contributed by atoms with Gasteiger partial charge in [-0.15, -0.1) is 0 Å². The van der Waals surface area contributed by atoms with E-state index in [1.54, 1.807) is 34.1 Å². The molecule has 64 heavy (non-hydrogen) atoms. The second-order valence-electron chi connectivity index (χ2n) is 19.4. The predicted octanol–water partition coefficient (Wildman–Crippen LogP) is 6.86. The molecule has 15 atom stereocenters. The lowest BCUT2D eigenvalue weighted by Crippen LogP contribution is -2.55. The number of ether oxygens (including phenoxy) is 5. The Balaban J connectivity index is 1.68. The number of aliphatic hydroxyl groups excluding tert-OH is 2. The van der Waals surface area contributed by atoms with E-state index in [2.05, 4.69) is 0 Å². The van der Waals surface area contributed by atoms with Gasteiger partial charge in [-0.2, -0.15) is 0 Å². The molecule has 360 valence electrons. The number of hydrogen-bond acceptors (Lipinski definition) is 12. The van der Waals surface area contributed by atoms with Gasteiger partial charge in [-0.1, -0.05) is 71.1 Å². The van der Waals surface area contributed by atoms with Crippen molar-refractivity contribution in [2.24, 2.45) is 35.5 Å². The molecule has 0 aromatic heterocycles. The Labute approximate surface area is 382 Å². The minimum atomic E-state index is -1.29. The van der Waals surface area contributed by atoms with E-state index < -0.39 is 66.1 Å². The van der Waals surface area contributed by atoms with E-state index in [1.807, 2.05) is 65.0 Å². The molecular formula is C51H79NO12. The first-order valence-electron chi connectivity index (χ1n) is 23.8. The molecule has 1 saturated carbocycles. The van der Waals surface area contributed by atoms with Gasteiger partial charge >= 0.3 is 5.97 Å². The first kappa shape index (κ1) is 53.3. The number of carbonyl (C=O) groups excluding carboxylic acids is 5. The molecular weight excluding hydrogens is 819 g/mol. The molecule has 3 aliphatic heterocycles. The first-order chi connectivity index (χ1) is 30.4. The number of fused-ring (bicyclic) bond motifs is 3. The number of aliphatic hydroxyl groups is 2. The number of hydrogen-bond donors (Lipinski definition) is 2. The van der Waals surface area contributed by atoms with Crippen LogP contribution in [0.25, 0.3) is 0 Å². The molecule has 0 aromatic rings. The van der Waals surface area contributed by atoms with Crippen LogP contribution in [0.5, 0.6) is 0 Å². The number of esters is 1. The van der Waals surface area contributed by atoms with Crippen LogP contribution >= 0.6 is 0 Å². The highest BCUT2D eigenvalue weighted by Gasteiger charge is 2.44. The molecule has 1 amide bonds. The summed E-state index contributed by atoms with van der Waals surface area (Å²) >= 11 is 0. The molecule has 4 aliphatic rings. The van der Waals surface area contributed by atoms with Gasteiger partial charge in [0.1, 0.15) is 36.2 Å². The van der Waals surface area contributed by atoms with Crippen LogP contribution in [-0.4, -0.2) is 127 Å². The molecule has 2 bridgehead atoms. The topological polar surface area (TPSA) is 175 Å². The molecule has 0 spiro atoms. The number of allylic oxidation sites excluding steroid dienone is 6. The minimum absolute atomic E-state index is 0.0463. The van der Waals surface area contributed by atoms with Crippen molar-refractivity contribution in [1.29, 1.82) is 0 Å². The van der Waals surface area contributed by atoms with E-state index in [1.165, 1.54) is 12.0 Å². The molecule has 15 unspecified atom stereocenters. The van der Waals surface area contributed by atoms with Gasteiger partial charge in [0.15, 0.2) is 5.78 Å². The third kappa shape index (κ3) is 14.6. The Bertz CT molecular complexity index is 1700. The van der Waals surface area contributed by atoms with Crippen LogP contribution in [-0.2, 0) is 47.7 Å². The summed E-state index contributed by atoms with van der Waals surface area (Å²) in [5, 5.41) is 21.9. The Kier molecular flexibility index (Phi) is 21.3. The van der Waals surface area contributed by atoms with Crippen molar-refractivity contribution in [2.75, 3.05) is 27.9 Å². The molecule has 3 heterocycles. The summed E-state index contributed by atoms with van der Waals surface area (Å²) < 4.78 is 29.7. The quantitative estimate of drug-likeness (QED) is 0.161. The Morgan fingerprint density at radius 2 is 1.56 bits per heavy atom. The molecule has 13 heteroatoms. The van der Waals surface area contributed by atoms with Crippen LogP contribution in [0.1, 0.15) is 126 Å². The first-order valence-corrected chi connectivity index (χ1v) is 23.8. The minimum Gasteiger partial charge on any atom is -0.460 e. The van der Waals surface area contributed by atoms with Crippen molar-refractivity contribution in [3.63, 3.8) is 0 Å². The molecule has 0 radical (unpaired) electrons. The highest BCUT2D eigenvalue weighted by atomic mass is 16.5. The van der Waals surface area contributed by atoms with Gasteiger partial charge in [0.25, 0.3) is 5.91 Å². The zero-order valence-electron chi connectivity index (χ0n) is 40.2. The van der Waals surface area contributed by atoms with Gasteiger partial charge in [-0.3, -0.25) is 19.2 Å². The molecule has 13 nitrogen and oxygen atoms in total. The van der Waals surface area contributed by atoms with Crippen LogP contribution < -0.4 is 0 Å². The Hall–Kier alpha value is -3.33. The smallest absolute Gasteiger partial charge is 0.329 e. The van der Waals surface area contributed by atoms with E-state index in [0.29, 0.717) is 69.8 Å². The summed E-state index contributed by atoms with van der Waals surface area (Å²) in [5.74, 6) is -4.02. The Morgan fingerprint density at radius 1 is 0.828 bits per heavy atom. The van der Waals surface area contributed by atoms with E-state index in [4.69, 9.17) is 23.7 Å². The summed E-state index contributed by atoms with van der Waals surface area (Å²) in [6.07, 6.45) is 12.0. The fourth-order valence-electron chi connectivity index (χ4n) is 10.1. The lowest BCUT2D eigenvalue weighted by Gasteiger charge is -2.39. The second kappa shape index (κ2) is 25.5. The molecule has 2 N–H and O–H groups in total. The average molecular weight is 898 g/mol. The van der Waals surface area contributed by atoms with Crippen LogP contribution in [0, 0.1) is 35.5 Å². The predicted molar refractivity (Wildman–Crippen MR) is 244 cm³/mol. The van der Waals surface area contributed by atoms with Gasteiger partial charge in [0.05, 0.1) is 24.4 Å². The average Bonchev–Trinajstić information content (AvgIpc) is 3.27. The second-order valence-corrected chi connectivity index (χ2v) is 19.4. The zero-order chi connectivity index (χ0) is 47.2. The van der Waals surface area contributed by atoms with Gasteiger partial charge in [-0.05, 0) is 113 Å². The maximum Gasteiger partial charge on any atom is 0.329 e. The van der Waals surface area contributed by atoms with Gasteiger partial charge in [0.2, 0.25) is 5.78 Å². The van der Waals surface area contributed by atoms with Crippen molar-refractivity contribution >= 4 is 29.2 Å². The highest BCUT2D eigenvalue weighted by molar-refractivity contribution is 6.38. The maximum absolute atomic E-state index is 14.3. The molecule has 2 saturated heterocycles. The number of Topliss-reactive ketones (excluding diaryl/α,β-unsaturated/α-hetero) is 3. The standard InChI is InChI=1S/C51H79NO12/c1-30-16-12-11-13-17-31(2)42(60-8)28-38-21-19-32(3)48(63-38)47(57)50(58)52-23-15-14-18-39(52)51(59)64-43(34(5)26-37-20-22-40(53)44(27-37)61-9)29-41(54)33(4)25-36(7)46(56)49(62-10)45(55)35(6)24-30/h11-13,16-17,25,30,32-35,37-40,42-44,46,48-49,53,56H,14-15,18-24,26-29H2,1-10H3/b13-11?,16-12+,31-17?,36-25+. The van der Waals surface area contributed by atoms with Crippen molar-refractivity contribution in [3.8, 4) is 0 Å². The number of piperidine rings is 1. The SMILES string of the molecule is COC1CC2CCC(C)C(O2)C(=O)C(=O)N2CCCCC2C(=O)OC(C(C)CC2CCC(O)C(OC)C2)CC(=O)C(C)/C=C(\C)C(O)C(OC)C(=O)C(C)CC(C)/C=C/C=CC=C1C. The van der Waals surface area contributed by atoms with E-state index in [-0.39, 0.29) is 66.5 Å². The van der Waals surface area contributed by atoms with Crippen molar-refractivity contribution < 1.29 is 57.9 Å². The lowest BCUT2D eigenvalue weighted by molar-refractivity contribution is -0.170. The normalized spacial score (nSPS) is 38.4. The third-order valence-electron chi connectivity index (χ3n) is 14.3. The highest BCUT2D eigenvalue weighted by Crippen LogP contribution is 2.35. The van der Waals surface area contributed by atoms with Crippen molar-refractivity contribution in [2.45, 2.75) is 180 Å². The van der Waals surface area contributed by atoms with E-state index in [9.17, 15) is 34.2 Å². The van der Waals surface area contributed by atoms with Gasteiger partial charge < -0.3 is 38.8 Å². The van der Waals surface area contributed by atoms with Crippen LogP contribution in [0.4, 0.5) is 0 Å². The van der Waals surface area contributed by atoms with Gasteiger partial charge in [-0.25, -0.2) is 4.79 Å². The fraction of sp³-hybridized carbons (Fsp3) is 0.745. The number of methoxy groups -OCH3 is 3. The summed E-state index contributed by atoms with van der Waals surface area (Å²) in [6.45, 7) is 13.3. The van der Waals surface area contributed by atoms with Crippen LogP contribution in [0.15, 0.2) is 47.6 Å². The third-order valence-corrected chi connectivity index (χ3v) is 14.3. The number of ketones is 3. The summed E-state index contributed by atoms with van der Waals surface area (Å²) in [5.41, 5.74) is 1.37. The maximum atomic E-state index is 14.3. The fourth-order valence-corrected chi connectivity index (χ4v) is 10.1. The number of nitrogens with zero attached hydrogens (tertiary/aromatic N) is 1. The number of rotatable bonds is 6. The Morgan fingerprint density at radius 3 is 2.25 bits per heavy atom. The molecule has 3 fully saturated rings. The van der Waals surface area contributed by atoms with Crippen molar-refractivity contribution in [1.82, 2.24) is 4.90 Å². The largest absolute Gasteiger partial charge is 0.460 e. The van der Waals surface area contributed by atoms with Crippen LogP contribution in [0.3, 0.4) is 0 Å². The molecule has 4 rings (SSSR count). The van der Waals surface area contributed by atoms with E-state index in [0.717, 1.165) is 12.0 Å². The number of cyclic esters (lactones) is 1. The van der Waals surface area contributed by atoms with Crippen LogP contribution in [0.2, 0.25) is 0 Å².